The molecule has 10 heteroatoms. The van der Waals surface area contributed by atoms with E-state index < -0.39 is 32.4 Å². The van der Waals surface area contributed by atoms with E-state index in [0.29, 0.717) is 37.4 Å². The fourth-order valence-corrected chi connectivity index (χ4v) is 4.15. The van der Waals surface area contributed by atoms with E-state index in [4.69, 9.17) is 4.42 Å². The van der Waals surface area contributed by atoms with E-state index >= 15 is 0 Å². The standard InChI is InChI=1S/C15H16F3N3O3S/c1-10-19-8-11(24-10)9-20-4-6-21(7-5-20)25(22,23)13-3-2-12(16)14(17)15(13)18/h2-3,8H,4-7,9H2,1H3. The third-order valence-corrected chi connectivity index (χ3v) is 5.91. The maximum atomic E-state index is 13.8. The predicted octanol–water partition coefficient (Wildman–Crippen LogP) is 1.91. The molecule has 25 heavy (non-hydrogen) atoms. The van der Waals surface area contributed by atoms with E-state index in [0.717, 1.165) is 10.4 Å². The Morgan fingerprint density at radius 3 is 2.40 bits per heavy atom. The number of hydrogen-bond acceptors (Lipinski definition) is 5. The van der Waals surface area contributed by atoms with Crippen molar-refractivity contribution in [2.24, 2.45) is 0 Å². The third kappa shape index (κ3) is 3.55. The van der Waals surface area contributed by atoms with Crippen molar-refractivity contribution in [3.05, 3.63) is 47.4 Å². The molecule has 0 bridgehead atoms. The average molecular weight is 375 g/mol. The monoisotopic (exact) mass is 375 g/mol. The normalized spacial score (nSPS) is 17.1. The van der Waals surface area contributed by atoms with Gasteiger partial charge in [-0.3, -0.25) is 4.90 Å². The van der Waals surface area contributed by atoms with Gasteiger partial charge >= 0.3 is 0 Å². The Morgan fingerprint density at radius 2 is 1.80 bits per heavy atom. The summed E-state index contributed by atoms with van der Waals surface area (Å²) in [4.78, 5) is 5.10. The summed E-state index contributed by atoms with van der Waals surface area (Å²) in [6.07, 6.45) is 1.61. The highest BCUT2D eigenvalue weighted by molar-refractivity contribution is 7.89. The van der Waals surface area contributed by atoms with Gasteiger partial charge < -0.3 is 4.42 Å². The van der Waals surface area contributed by atoms with Crippen molar-refractivity contribution in [1.29, 1.82) is 0 Å². The second-order valence-electron chi connectivity index (χ2n) is 5.70. The number of benzene rings is 1. The van der Waals surface area contributed by atoms with Crippen LogP contribution in [0.5, 0.6) is 0 Å². The fraction of sp³-hybridized carbons (Fsp3) is 0.400. The third-order valence-electron chi connectivity index (χ3n) is 4.00. The van der Waals surface area contributed by atoms with Crippen LogP contribution >= 0.6 is 0 Å². The van der Waals surface area contributed by atoms with Crippen molar-refractivity contribution in [2.75, 3.05) is 26.2 Å². The van der Waals surface area contributed by atoms with Gasteiger partial charge in [-0.1, -0.05) is 0 Å². The van der Waals surface area contributed by atoms with Crippen LogP contribution in [0, 0.1) is 24.4 Å². The summed E-state index contributed by atoms with van der Waals surface area (Å²) in [6.45, 7) is 3.20. The number of aryl methyl sites for hydroxylation is 1. The summed E-state index contributed by atoms with van der Waals surface area (Å²) in [5.74, 6) is -3.70. The number of sulfonamides is 1. The van der Waals surface area contributed by atoms with Crippen molar-refractivity contribution in [2.45, 2.75) is 18.4 Å². The molecule has 6 nitrogen and oxygen atoms in total. The van der Waals surface area contributed by atoms with Crippen LogP contribution in [0.4, 0.5) is 13.2 Å². The first-order valence-corrected chi connectivity index (χ1v) is 9.00. The van der Waals surface area contributed by atoms with Crippen LogP contribution < -0.4 is 0 Å². The molecule has 0 radical (unpaired) electrons. The minimum atomic E-state index is -4.23. The highest BCUT2D eigenvalue weighted by Crippen LogP contribution is 2.24. The number of aromatic nitrogens is 1. The molecule has 0 spiro atoms. The van der Waals surface area contributed by atoms with Gasteiger partial charge in [0, 0.05) is 33.1 Å². The number of oxazole rings is 1. The van der Waals surface area contributed by atoms with Gasteiger partial charge in [0.15, 0.2) is 23.3 Å². The van der Waals surface area contributed by atoms with E-state index in [9.17, 15) is 21.6 Å². The Kier molecular flexibility index (Phi) is 4.85. The van der Waals surface area contributed by atoms with E-state index in [1.165, 1.54) is 0 Å². The Balaban J connectivity index is 1.70. The summed E-state index contributed by atoms with van der Waals surface area (Å²) >= 11 is 0. The lowest BCUT2D eigenvalue weighted by Crippen LogP contribution is -2.48. The van der Waals surface area contributed by atoms with Gasteiger partial charge in [-0.2, -0.15) is 4.31 Å². The minimum Gasteiger partial charge on any atom is -0.445 e. The molecule has 0 atom stereocenters. The van der Waals surface area contributed by atoms with E-state index in [1.807, 2.05) is 4.90 Å². The van der Waals surface area contributed by atoms with Gasteiger partial charge in [0.25, 0.3) is 0 Å². The molecule has 136 valence electrons. The number of hydrogen-bond donors (Lipinski definition) is 0. The molecule has 1 aromatic carbocycles. The summed E-state index contributed by atoms with van der Waals surface area (Å²) in [6, 6.07) is 1.35. The van der Waals surface area contributed by atoms with Crippen molar-refractivity contribution in [3.63, 3.8) is 0 Å². The SMILES string of the molecule is Cc1ncc(CN2CCN(S(=O)(=O)c3ccc(F)c(F)c3F)CC2)o1. The first-order valence-electron chi connectivity index (χ1n) is 7.56. The molecule has 1 fully saturated rings. The molecule has 2 aromatic rings. The highest BCUT2D eigenvalue weighted by atomic mass is 32.2. The first kappa shape index (κ1) is 17.9. The number of halogens is 3. The van der Waals surface area contributed by atoms with Crippen LogP contribution in [0.25, 0.3) is 0 Å². The molecule has 0 unspecified atom stereocenters. The van der Waals surface area contributed by atoms with Crippen molar-refractivity contribution in [1.82, 2.24) is 14.2 Å². The van der Waals surface area contributed by atoms with Crippen molar-refractivity contribution in [3.8, 4) is 0 Å². The molecule has 2 heterocycles. The molecule has 0 aliphatic carbocycles. The van der Waals surface area contributed by atoms with E-state index in [1.54, 1.807) is 13.1 Å². The van der Waals surface area contributed by atoms with Gasteiger partial charge in [-0.15, -0.1) is 0 Å². The molecule has 0 saturated carbocycles. The molecule has 1 aliphatic rings. The summed E-state index contributed by atoms with van der Waals surface area (Å²) in [5.41, 5.74) is 0. The first-order chi connectivity index (χ1) is 11.8. The molecule has 1 saturated heterocycles. The lowest BCUT2D eigenvalue weighted by molar-refractivity contribution is 0.170. The van der Waals surface area contributed by atoms with E-state index in [2.05, 4.69) is 4.98 Å². The molecule has 1 aliphatic heterocycles. The van der Waals surface area contributed by atoms with Crippen LogP contribution in [0.2, 0.25) is 0 Å². The Labute approximate surface area is 142 Å². The second-order valence-corrected chi connectivity index (χ2v) is 7.61. The van der Waals surface area contributed by atoms with Crippen LogP contribution in [0.1, 0.15) is 11.7 Å². The topological polar surface area (TPSA) is 66.7 Å². The lowest BCUT2D eigenvalue weighted by Gasteiger charge is -2.33. The number of piperazine rings is 1. The van der Waals surface area contributed by atoms with Crippen LogP contribution in [-0.2, 0) is 16.6 Å². The summed E-state index contributed by atoms with van der Waals surface area (Å²) in [7, 11) is -4.23. The summed E-state index contributed by atoms with van der Waals surface area (Å²) < 4.78 is 71.6. The quantitative estimate of drug-likeness (QED) is 0.764. The van der Waals surface area contributed by atoms with Crippen molar-refractivity contribution < 1.29 is 26.0 Å². The summed E-state index contributed by atoms with van der Waals surface area (Å²) in [5, 5.41) is 0. The van der Waals surface area contributed by atoms with Crippen LogP contribution in [0.15, 0.2) is 27.6 Å². The van der Waals surface area contributed by atoms with Crippen LogP contribution in [0.3, 0.4) is 0 Å². The zero-order valence-corrected chi connectivity index (χ0v) is 14.2. The van der Waals surface area contributed by atoms with Gasteiger partial charge in [-0.25, -0.2) is 26.6 Å². The number of nitrogens with zero attached hydrogens (tertiary/aromatic N) is 3. The van der Waals surface area contributed by atoms with Crippen LogP contribution in [-0.4, -0.2) is 48.8 Å². The molecule has 3 rings (SSSR count). The van der Waals surface area contributed by atoms with Crippen molar-refractivity contribution >= 4 is 10.0 Å². The lowest BCUT2D eigenvalue weighted by atomic mass is 10.3. The molecule has 0 amide bonds. The zero-order valence-electron chi connectivity index (χ0n) is 13.4. The Hall–Kier alpha value is -1.91. The smallest absolute Gasteiger partial charge is 0.246 e. The molecular weight excluding hydrogens is 359 g/mol. The van der Waals surface area contributed by atoms with Gasteiger partial charge in [0.05, 0.1) is 12.7 Å². The predicted molar refractivity (Wildman–Crippen MR) is 81.6 cm³/mol. The fourth-order valence-electron chi connectivity index (χ4n) is 2.67. The minimum absolute atomic E-state index is 0.105. The molecule has 1 aromatic heterocycles. The molecule has 0 N–H and O–H groups in total. The molecular formula is C15H16F3N3O3S. The maximum absolute atomic E-state index is 13.8. The van der Waals surface area contributed by atoms with Gasteiger partial charge in [0.1, 0.15) is 10.7 Å². The Bertz CT molecular complexity index is 877. The van der Waals surface area contributed by atoms with E-state index in [-0.39, 0.29) is 13.1 Å². The zero-order chi connectivity index (χ0) is 18.2. The van der Waals surface area contributed by atoms with Gasteiger partial charge in [0.2, 0.25) is 10.0 Å². The average Bonchev–Trinajstić information content (AvgIpc) is 2.98. The maximum Gasteiger partial charge on any atom is 0.246 e. The Morgan fingerprint density at radius 1 is 1.12 bits per heavy atom. The van der Waals surface area contributed by atoms with Gasteiger partial charge in [-0.05, 0) is 12.1 Å². The highest BCUT2D eigenvalue weighted by Gasteiger charge is 2.32. The second kappa shape index (κ2) is 6.77. The number of rotatable bonds is 4. The largest absolute Gasteiger partial charge is 0.445 e.